The zero-order chi connectivity index (χ0) is 9.97. The highest BCUT2D eigenvalue weighted by molar-refractivity contribution is 5.85. The summed E-state index contributed by atoms with van der Waals surface area (Å²) in [6.45, 7) is 1.57. The summed E-state index contributed by atoms with van der Waals surface area (Å²) in [4.78, 5) is 12.6. The average Bonchev–Trinajstić information content (AvgIpc) is 2.58. The van der Waals surface area contributed by atoms with Gasteiger partial charge >= 0.3 is 5.97 Å². The Balaban J connectivity index is 0.00000112. The second-order valence-corrected chi connectivity index (χ2v) is 3.51. The largest absolute Gasteiger partial charge is 0.481 e. The lowest BCUT2D eigenvalue weighted by molar-refractivity contribution is -0.136. The molecule has 0 unspecified atom stereocenters. The average molecular weight is 228 g/mol. The summed E-state index contributed by atoms with van der Waals surface area (Å²) in [5.41, 5.74) is 2.53. The summed E-state index contributed by atoms with van der Waals surface area (Å²) >= 11 is 0. The van der Waals surface area contributed by atoms with Crippen molar-refractivity contribution in [2.24, 2.45) is 0 Å². The maximum atomic E-state index is 10.4. The molecule has 1 aliphatic rings. The van der Waals surface area contributed by atoms with E-state index in [0.717, 1.165) is 13.0 Å². The molecule has 1 N–H and O–H groups in total. The molecule has 1 aliphatic heterocycles. The summed E-state index contributed by atoms with van der Waals surface area (Å²) in [6, 6.07) is 8.19. The fourth-order valence-corrected chi connectivity index (χ4v) is 1.87. The zero-order valence-electron chi connectivity index (χ0n) is 8.35. The second-order valence-electron chi connectivity index (χ2n) is 3.51. The predicted molar refractivity (Wildman–Crippen MR) is 61.9 cm³/mol. The van der Waals surface area contributed by atoms with Crippen molar-refractivity contribution in [3.05, 3.63) is 29.8 Å². The van der Waals surface area contributed by atoms with Gasteiger partial charge in [0.15, 0.2) is 0 Å². The monoisotopic (exact) mass is 227 g/mol. The molecule has 1 aromatic rings. The van der Waals surface area contributed by atoms with Gasteiger partial charge in [-0.1, -0.05) is 18.2 Å². The summed E-state index contributed by atoms with van der Waals surface area (Å²) in [6.07, 6.45) is 1.25. The van der Waals surface area contributed by atoms with Crippen LogP contribution in [0.15, 0.2) is 24.3 Å². The number of carboxylic acid groups (broad SMARTS) is 1. The smallest absolute Gasteiger partial charge is 0.305 e. The Bertz CT molecular complexity index is 354. The number of fused-ring (bicyclic) bond motifs is 1. The fraction of sp³-hybridized carbons (Fsp3) is 0.364. The van der Waals surface area contributed by atoms with Crippen molar-refractivity contribution in [2.45, 2.75) is 12.8 Å². The van der Waals surface area contributed by atoms with E-state index in [4.69, 9.17) is 5.11 Å². The van der Waals surface area contributed by atoms with E-state index in [9.17, 15) is 4.79 Å². The van der Waals surface area contributed by atoms with Crippen molar-refractivity contribution in [1.82, 2.24) is 0 Å². The van der Waals surface area contributed by atoms with Crippen LogP contribution >= 0.6 is 12.4 Å². The van der Waals surface area contributed by atoms with Crippen molar-refractivity contribution < 1.29 is 9.90 Å². The van der Waals surface area contributed by atoms with Gasteiger partial charge in [-0.3, -0.25) is 4.79 Å². The minimum atomic E-state index is -0.727. The minimum Gasteiger partial charge on any atom is -0.481 e. The molecular formula is C11H14ClNO2. The number of rotatable bonds is 3. The molecule has 0 radical (unpaired) electrons. The highest BCUT2D eigenvalue weighted by Crippen LogP contribution is 2.27. The SMILES string of the molecule is Cl.O=C(O)CCN1CCc2ccccc21. The summed E-state index contributed by atoms with van der Waals surface area (Å²) in [7, 11) is 0. The molecule has 4 heteroatoms. The van der Waals surface area contributed by atoms with Crippen LogP contribution < -0.4 is 4.90 Å². The standard InChI is InChI=1S/C11H13NO2.ClH/c13-11(14)6-8-12-7-5-9-3-1-2-4-10(9)12;/h1-4H,5-8H2,(H,13,14);1H. The van der Waals surface area contributed by atoms with Crippen LogP contribution in [0.3, 0.4) is 0 Å². The number of hydrogen-bond acceptors (Lipinski definition) is 2. The van der Waals surface area contributed by atoms with Gasteiger partial charge in [-0.15, -0.1) is 12.4 Å². The lowest BCUT2D eigenvalue weighted by atomic mass is 10.2. The number of benzene rings is 1. The third-order valence-corrected chi connectivity index (χ3v) is 2.58. The Morgan fingerprint density at radius 3 is 2.87 bits per heavy atom. The number of anilines is 1. The van der Waals surface area contributed by atoms with Crippen LogP contribution in [0.1, 0.15) is 12.0 Å². The number of nitrogens with zero attached hydrogens (tertiary/aromatic N) is 1. The summed E-state index contributed by atoms with van der Waals surface area (Å²) < 4.78 is 0. The molecule has 1 heterocycles. The predicted octanol–water partition coefficient (Wildman–Crippen LogP) is 1.95. The first-order chi connectivity index (χ1) is 6.77. The lowest BCUT2D eigenvalue weighted by Crippen LogP contribution is -2.23. The number of aliphatic carboxylic acids is 1. The van der Waals surface area contributed by atoms with Crippen molar-refractivity contribution in [2.75, 3.05) is 18.0 Å². The molecule has 15 heavy (non-hydrogen) atoms. The van der Waals surface area contributed by atoms with E-state index in [1.807, 2.05) is 12.1 Å². The van der Waals surface area contributed by atoms with Crippen LogP contribution in [0.4, 0.5) is 5.69 Å². The number of hydrogen-bond donors (Lipinski definition) is 1. The van der Waals surface area contributed by atoms with E-state index in [0.29, 0.717) is 6.54 Å². The molecule has 0 saturated heterocycles. The maximum absolute atomic E-state index is 10.4. The normalized spacial score (nSPS) is 13.2. The molecule has 0 aliphatic carbocycles. The first kappa shape index (κ1) is 11.9. The summed E-state index contributed by atoms with van der Waals surface area (Å²) in [5, 5.41) is 8.60. The Hall–Kier alpha value is -1.22. The van der Waals surface area contributed by atoms with Gasteiger partial charge in [0.2, 0.25) is 0 Å². The van der Waals surface area contributed by atoms with Crippen molar-refractivity contribution >= 4 is 24.1 Å². The van der Waals surface area contributed by atoms with Gasteiger partial charge in [0.1, 0.15) is 0 Å². The van der Waals surface area contributed by atoms with E-state index < -0.39 is 5.97 Å². The van der Waals surface area contributed by atoms with Gasteiger partial charge < -0.3 is 10.0 Å². The second kappa shape index (κ2) is 5.03. The number of carboxylic acids is 1. The Labute approximate surface area is 95.1 Å². The van der Waals surface area contributed by atoms with E-state index in [1.165, 1.54) is 11.3 Å². The van der Waals surface area contributed by atoms with Crippen LogP contribution in [-0.2, 0) is 11.2 Å². The molecule has 1 aromatic carbocycles. The molecule has 82 valence electrons. The first-order valence-corrected chi connectivity index (χ1v) is 4.82. The van der Waals surface area contributed by atoms with Crippen LogP contribution in [0, 0.1) is 0 Å². The topological polar surface area (TPSA) is 40.5 Å². The first-order valence-electron chi connectivity index (χ1n) is 4.82. The van der Waals surface area contributed by atoms with Crippen LogP contribution in [0.25, 0.3) is 0 Å². The molecule has 2 rings (SSSR count). The third kappa shape index (κ3) is 2.63. The van der Waals surface area contributed by atoms with Crippen molar-refractivity contribution in [1.29, 1.82) is 0 Å². The molecule has 0 fully saturated rings. The molecule has 0 bridgehead atoms. The van der Waals surface area contributed by atoms with Gasteiger partial charge in [0.25, 0.3) is 0 Å². The Kier molecular flexibility index (Phi) is 3.97. The molecule has 0 amide bonds. The fourth-order valence-electron chi connectivity index (χ4n) is 1.87. The van der Waals surface area contributed by atoms with E-state index in [1.54, 1.807) is 0 Å². The quantitative estimate of drug-likeness (QED) is 0.858. The van der Waals surface area contributed by atoms with E-state index >= 15 is 0 Å². The third-order valence-electron chi connectivity index (χ3n) is 2.58. The highest BCUT2D eigenvalue weighted by Gasteiger charge is 2.18. The van der Waals surface area contributed by atoms with Crippen molar-refractivity contribution in [3.8, 4) is 0 Å². The highest BCUT2D eigenvalue weighted by atomic mass is 35.5. The molecule has 0 aromatic heterocycles. The zero-order valence-corrected chi connectivity index (χ0v) is 9.17. The maximum Gasteiger partial charge on any atom is 0.305 e. The van der Waals surface area contributed by atoms with Gasteiger partial charge in [-0.05, 0) is 18.1 Å². The minimum absolute atomic E-state index is 0. The van der Waals surface area contributed by atoms with Crippen LogP contribution in [0.5, 0.6) is 0 Å². The number of carbonyl (C=O) groups is 1. The molecule has 3 nitrogen and oxygen atoms in total. The van der Waals surface area contributed by atoms with Gasteiger partial charge in [0, 0.05) is 18.8 Å². The number of para-hydroxylation sites is 1. The molecule has 0 atom stereocenters. The summed E-state index contributed by atoms with van der Waals surface area (Å²) in [5.74, 6) is -0.727. The van der Waals surface area contributed by atoms with Crippen LogP contribution in [-0.4, -0.2) is 24.2 Å². The molecule has 0 saturated carbocycles. The number of halogens is 1. The van der Waals surface area contributed by atoms with E-state index in [2.05, 4.69) is 17.0 Å². The Morgan fingerprint density at radius 1 is 1.40 bits per heavy atom. The molecular weight excluding hydrogens is 214 g/mol. The van der Waals surface area contributed by atoms with Crippen molar-refractivity contribution in [3.63, 3.8) is 0 Å². The Morgan fingerprint density at radius 2 is 2.13 bits per heavy atom. The molecule has 0 spiro atoms. The van der Waals surface area contributed by atoms with Crippen LogP contribution in [0.2, 0.25) is 0 Å². The van der Waals surface area contributed by atoms with E-state index in [-0.39, 0.29) is 18.8 Å². The lowest BCUT2D eigenvalue weighted by Gasteiger charge is -2.17. The van der Waals surface area contributed by atoms with Gasteiger partial charge in [-0.25, -0.2) is 0 Å². The van der Waals surface area contributed by atoms with Gasteiger partial charge in [-0.2, -0.15) is 0 Å². The van der Waals surface area contributed by atoms with Gasteiger partial charge in [0.05, 0.1) is 6.42 Å².